The fourth-order valence-corrected chi connectivity index (χ4v) is 4.16. The summed E-state index contributed by atoms with van der Waals surface area (Å²) in [6, 6.07) is 1.51. The van der Waals surface area contributed by atoms with Gasteiger partial charge in [0.05, 0.1) is 11.9 Å². The van der Waals surface area contributed by atoms with E-state index in [4.69, 9.17) is 0 Å². The highest BCUT2D eigenvalue weighted by Crippen LogP contribution is 2.24. The van der Waals surface area contributed by atoms with Crippen molar-refractivity contribution in [3.63, 3.8) is 0 Å². The molecule has 1 amide bonds. The van der Waals surface area contributed by atoms with Crippen molar-refractivity contribution >= 4 is 33.0 Å². The number of carbonyl (C=O) groups excluding carboxylic acids is 1. The van der Waals surface area contributed by atoms with Crippen LogP contribution in [-0.2, 0) is 17.1 Å². The summed E-state index contributed by atoms with van der Waals surface area (Å²) < 4.78 is 28.8. The van der Waals surface area contributed by atoms with E-state index in [0.717, 1.165) is 11.3 Å². The maximum Gasteiger partial charge on any atom is 0.263 e. The molecule has 1 unspecified atom stereocenters. The number of sulfonamides is 1. The molecule has 0 bridgehead atoms. The van der Waals surface area contributed by atoms with Crippen LogP contribution in [0.1, 0.15) is 16.6 Å². The summed E-state index contributed by atoms with van der Waals surface area (Å²) in [6.07, 6.45) is 2.94. The van der Waals surface area contributed by atoms with Crippen LogP contribution in [0, 0.1) is 0 Å². The third-order valence-electron chi connectivity index (χ3n) is 3.14. The molecule has 23 heavy (non-hydrogen) atoms. The van der Waals surface area contributed by atoms with E-state index in [1.165, 1.54) is 23.1 Å². The third kappa shape index (κ3) is 4.30. The minimum Gasteiger partial charge on any atom is -0.350 e. The third-order valence-corrected chi connectivity index (χ3v) is 5.61. The number of likely N-dealkylation sites (N-methyl/N-ethyl adjacent to an activating group) is 1. The summed E-state index contributed by atoms with van der Waals surface area (Å²) in [5, 5.41) is 11.2. The van der Waals surface area contributed by atoms with Crippen molar-refractivity contribution in [3.8, 4) is 0 Å². The Morgan fingerprint density at radius 1 is 1.48 bits per heavy atom. The van der Waals surface area contributed by atoms with Gasteiger partial charge in [-0.3, -0.25) is 14.2 Å². The van der Waals surface area contributed by atoms with Crippen LogP contribution in [0.4, 0.5) is 5.69 Å². The molecule has 0 saturated carbocycles. The molecular formula is C13H19N5O3S2. The van der Waals surface area contributed by atoms with E-state index >= 15 is 0 Å². The SMILES string of the molecule is CNC(C)CNC(=O)c1sccc1S(=O)(=O)Nc1cnn(C)c1. The molecule has 10 heteroatoms. The molecule has 126 valence electrons. The number of nitrogens with one attached hydrogen (secondary N) is 3. The van der Waals surface area contributed by atoms with Crippen molar-refractivity contribution in [2.75, 3.05) is 18.3 Å². The van der Waals surface area contributed by atoms with Crippen LogP contribution in [0.15, 0.2) is 28.7 Å². The molecule has 2 rings (SSSR count). The maximum atomic E-state index is 12.5. The summed E-state index contributed by atoms with van der Waals surface area (Å²) in [5.41, 5.74) is 0.342. The molecule has 2 aromatic rings. The molecular weight excluding hydrogens is 338 g/mol. The summed E-state index contributed by atoms with van der Waals surface area (Å²) >= 11 is 1.09. The summed E-state index contributed by atoms with van der Waals surface area (Å²) in [5.74, 6) is -0.409. The molecule has 0 aliphatic carbocycles. The minimum atomic E-state index is -3.85. The lowest BCUT2D eigenvalue weighted by Gasteiger charge is -2.12. The van der Waals surface area contributed by atoms with Crippen LogP contribution >= 0.6 is 11.3 Å². The smallest absolute Gasteiger partial charge is 0.263 e. The molecule has 0 radical (unpaired) electrons. The monoisotopic (exact) mass is 357 g/mol. The van der Waals surface area contributed by atoms with E-state index in [0.29, 0.717) is 12.2 Å². The van der Waals surface area contributed by atoms with Gasteiger partial charge in [0.1, 0.15) is 9.77 Å². The Hall–Kier alpha value is -1.91. The van der Waals surface area contributed by atoms with Crippen LogP contribution in [0.5, 0.6) is 0 Å². The number of nitrogens with zero attached hydrogens (tertiary/aromatic N) is 2. The van der Waals surface area contributed by atoms with Gasteiger partial charge in [-0.2, -0.15) is 5.10 Å². The number of thiophene rings is 1. The van der Waals surface area contributed by atoms with E-state index in [1.54, 1.807) is 19.5 Å². The maximum absolute atomic E-state index is 12.5. The van der Waals surface area contributed by atoms with Gasteiger partial charge in [-0.05, 0) is 25.4 Å². The lowest BCUT2D eigenvalue weighted by molar-refractivity contribution is 0.0951. The number of rotatable bonds is 7. The van der Waals surface area contributed by atoms with Crippen LogP contribution in [-0.4, -0.2) is 43.7 Å². The second-order valence-corrected chi connectivity index (χ2v) is 7.59. The quantitative estimate of drug-likeness (QED) is 0.674. The largest absolute Gasteiger partial charge is 0.350 e. The standard InChI is InChI=1S/C13H19N5O3S2/c1-9(14-2)6-15-13(19)12-11(4-5-22-12)23(20,21)17-10-7-16-18(3)8-10/h4-5,7-9,14,17H,6H2,1-3H3,(H,15,19). The van der Waals surface area contributed by atoms with E-state index in [-0.39, 0.29) is 15.8 Å². The number of aromatic nitrogens is 2. The number of hydrogen-bond donors (Lipinski definition) is 3. The number of hydrogen-bond acceptors (Lipinski definition) is 6. The second-order valence-electron chi connectivity index (χ2n) is 5.02. The fourth-order valence-electron chi connectivity index (χ4n) is 1.79. The molecule has 0 spiro atoms. The zero-order chi connectivity index (χ0) is 17.0. The predicted octanol–water partition coefficient (Wildman–Crippen LogP) is 0.620. The first-order valence-electron chi connectivity index (χ1n) is 6.88. The summed E-state index contributed by atoms with van der Waals surface area (Å²) in [6.45, 7) is 2.32. The van der Waals surface area contributed by atoms with E-state index in [1.807, 2.05) is 6.92 Å². The number of anilines is 1. The van der Waals surface area contributed by atoms with Gasteiger partial charge in [0.15, 0.2) is 0 Å². The Morgan fingerprint density at radius 2 is 2.22 bits per heavy atom. The average molecular weight is 357 g/mol. The van der Waals surface area contributed by atoms with Crippen LogP contribution in [0.25, 0.3) is 0 Å². The number of amides is 1. The van der Waals surface area contributed by atoms with Crippen molar-refractivity contribution < 1.29 is 13.2 Å². The number of carbonyl (C=O) groups is 1. The van der Waals surface area contributed by atoms with Gasteiger partial charge in [0.2, 0.25) is 0 Å². The van der Waals surface area contributed by atoms with Gasteiger partial charge in [-0.25, -0.2) is 8.42 Å². The Morgan fingerprint density at radius 3 is 2.83 bits per heavy atom. The molecule has 0 aliphatic heterocycles. The van der Waals surface area contributed by atoms with Crippen molar-refractivity contribution in [3.05, 3.63) is 28.7 Å². The molecule has 3 N–H and O–H groups in total. The predicted molar refractivity (Wildman–Crippen MR) is 89.2 cm³/mol. The van der Waals surface area contributed by atoms with E-state index in [2.05, 4.69) is 20.5 Å². The van der Waals surface area contributed by atoms with Gasteiger partial charge in [0.25, 0.3) is 15.9 Å². The molecule has 8 nitrogen and oxygen atoms in total. The lowest BCUT2D eigenvalue weighted by atomic mass is 10.3. The highest BCUT2D eigenvalue weighted by atomic mass is 32.2. The van der Waals surface area contributed by atoms with Gasteiger partial charge in [-0.15, -0.1) is 11.3 Å². The molecule has 2 aromatic heterocycles. The van der Waals surface area contributed by atoms with Crippen molar-refractivity contribution in [2.45, 2.75) is 17.9 Å². The van der Waals surface area contributed by atoms with Gasteiger partial charge >= 0.3 is 0 Å². The minimum absolute atomic E-state index is 0.0408. The normalized spacial score (nSPS) is 12.8. The Bertz CT molecular complexity index is 781. The van der Waals surface area contributed by atoms with Crippen molar-refractivity contribution in [2.24, 2.45) is 7.05 Å². The Kier molecular flexibility index (Phi) is 5.39. The second kappa shape index (κ2) is 7.11. The summed E-state index contributed by atoms with van der Waals surface area (Å²) in [4.78, 5) is 12.3. The zero-order valence-electron chi connectivity index (χ0n) is 13.0. The van der Waals surface area contributed by atoms with Gasteiger partial charge in [-0.1, -0.05) is 0 Å². The van der Waals surface area contributed by atoms with Crippen LogP contribution in [0.3, 0.4) is 0 Å². The zero-order valence-corrected chi connectivity index (χ0v) is 14.7. The Labute approximate surface area is 138 Å². The van der Waals surface area contributed by atoms with Crippen molar-refractivity contribution in [1.29, 1.82) is 0 Å². The number of aryl methyl sites for hydroxylation is 1. The van der Waals surface area contributed by atoms with Crippen LogP contribution in [0.2, 0.25) is 0 Å². The first kappa shape index (κ1) is 17.4. The van der Waals surface area contributed by atoms with Gasteiger partial charge < -0.3 is 10.6 Å². The van der Waals surface area contributed by atoms with Crippen molar-refractivity contribution in [1.82, 2.24) is 20.4 Å². The average Bonchev–Trinajstić information content (AvgIpc) is 3.13. The Balaban J connectivity index is 2.17. The van der Waals surface area contributed by atoms with E-state index in [9.17, 15) is 13.2 Å². The first-order valence-corrected chi connectivity index (χ1v) is 9.24. The highest BCUT2D eigenvalue weighted by Gasteiger charge is 2.24. The highest BCUT2D eigenvalue weighted by molar-refractivity contribution is 7.93. The van der Waals surface area contributed by atoms with Crippen LogP contribution < -0.4 is 15.4 Å². The molecule has 0 fully saturated rings. The topological polar surface area (TPSA) is 105 Å². The molecule has 1 atom stereocenters. The fraction of sp³-hybridized carbons (Fsp3) is 0.385. The summed E-state index contributed by atoms with van der Waals surface area (Å²) in [7, 11) is -0.374. The van der Waals surface area contributed by atoms with Gasteiger partial charge in [0, 0.05) is 25.8 Å². The molecule has 2 heterocycles. The first-order chi connectivity index (χ1) is 10.8. The molecule has 0 aromatic carbocycles. The molecule has 0 saturated heterocycles. The van der Waals surface area contributed by atoms with E-state index < -0.39 is 15.9 Å². The lowest BCUT2D eigenvalue weighted by Crippen LogP contribution is -2.37. The molecule has 0 aliphatic rings.